The molecule has 0 fully saturated rings. The molecular formula is C27H30Cl2N2O4. The van der Waals surface area contributed by atoms with Crippen LogP contribution in [0, 0.1) is 0 Å². The molecule has 0 radical (unpaired) electrons. The van der Waals surface area contributed by atoms with E-state index >= 15 is 0 Å². The number of pyridine rings is 1. The number of aryl methyl sites for hydroxylation is 1. The number of hydrogen-bond acceptors (Lipinski definition) is 5. The maximum atomic E-state index is 12.9. The van der Waals surface area contributed by atoms with Crippen LogP contribution in [0.3, 0.4) is 0 Å². The molecule has 8 heteroatoms. The lowest BCUT2D eigenvalue weighted by molar-refractivity contribution is 0.00695. The van der Waals surface area contributed by atoms with Gasteiger partial charge < -0.3 is 19.4 Å². The van der Waals surface area contributed by atoms with E-state index in [2.05, 4.69) is 5.32 Å². The zero-order valence-corrected chi connectivity index (χ0v) is 21.9. The summed E-state index contributed by atoms with van der Waals surface area (Å²) in [7, 11) is 0. The average Bonchev–Trinajstić information content (AvgIpc) is 2.79. The lowest BCUT2D eigenvalue weighted by Crippen LogP contribution is -2.26. The normalized spacial score (nSPS) is 11.3. The summed E-state index contributed by atoms with van der Waals surface area (Å²) in [6.07, 6.45) is 0.554. The van der Waals surface area contributed by atoms with Crippen molar-refractivity contribution in [2.75, 3.05) is 11.9 Å². The second-order valence-electron chi connectivity index (χ2n) is 9.01. The number of carbonyl (C=O) groups excluding carboxylic acids is 1. The summed E-state index contributed by atoms with van der Waals surface area (Å²) in [5.41, 5.74) is 2.06. The quantitative estimate of drug-likeness (QED) is 0.335. The molecule has 0 unspecified atom stereocenters. The van der Waals surface area contributed by atoms with Gasteiger partial charge in [0.25, 0.3) is 5.56 Å². The molecule has 0 spiro atoms. The van der Waals surface area contributed by atoms with Gasteiger partial charge in [-0.15, -0.1) is 0 Å². The maximum Gasteiger partial charge on any atom is 0.338 e. The highest BCUT2D eigenvalue weighted by atomic mass is 35.5. The number of anilines is 1. The van der Waals surface area contributed by atoms with Crippen LogP contribution in [0.2, 0.25) is 10.0 Å². The van der Waals surface area contributed by atoms with E-state index in [4.69, 9.17) is 32.7 Å². The van der Waals surface area contributed by atoms with Crippen LogP contribution in [0.5, 0.6) is 5.75 Å². The number of halogens is 2. The topological polar surface area (TPSA) is 69.6 Å². The van der Waals surface area contributed by atoms with E-state index in [0.29, 0.717) is 42.4 Å². The molecule has 186 valence electrons. The van der Waals surface area contributed by atoms with Crippen molar-refractivity contribution in [2.45, 2.75) is 52.8 Å². The van der Waals surface area contributed by atoms with Gasteiger partial charge in [0.15, 0.2) is 0 Å². The molecule has 3 rings (SSSR count). The van der Waals surface area contributed by atoms with Gasteiger partial charge in [-0.3, -0.25) is 4.79 Å². The van der Waals surface area contributed by atoms with Crippen molar-refractivity contribution < 1.29 is 14.3 Å². The summed E-state index contributed by atoms with van der Waals surface area (Å²) in [4.78, 5) is 25.1. The Morgan fingerprint density at radius 1 is 1.03 bits per heavy atom. The summed E-state index contributed by atoms with van der Waals surface area (Å²) in [6, 6.07) is 16.2. The van der Waals surface area contributed by atoms with E-state index in [0.717, 1.165) is 17.0 Å². The van der Waals surface area contributed by atoms with Crippen molar-refractivity contribution >= 4 is 34.9 Å². The Hall–Kier alpha value is -2.96. The largest absolute Gasteiger partial charge is 0.494 e. The van der Waals surface area contributed by atoms with Gasteiger partial charge in [-0.05, 0) is 70.0 Å². The molecular weight excluding hydrogens is 487 g/mol. The molecule has 0 aliphatic heterocycles. The van der Waals surface area contributed by atoms with Crippen LogP contribution in [0.25, 0.3) is 0 Å². The molecule has 1 aromatic heterocycles. The van der Waals surface area contributed by atoms with E-state index in [-0.39, 0.29) is 16.6 Å². The number of aromatic nitrogens is 1. The summed E-state index contributed by atoms with van der Waals surface area (Å²) in [5.74, 6) is 0.385. The Morgan fingerprint density at radius 3 is 2.40 bits per heavy atom. The van der Waals surface area contributed by atoms with Gasteiger partial charge >= 0.3 is 5.97 Å². The highest BCUT2D eigenvalue weighted by Gasteiger charge is 2.18. The van der Waals surface area contributed by atoms with Gasteiger partial charge in [0, 0.05) is 18.3 Å². The zero-order valence-electron chi connectivity index (χ0n) is 20.4. The Bertz CT molecular complexity index is 1230. The minimum absolute atomic E-state index is 0.0670. The summed E-state index contributed by atoms with van der Waals surface area (Å²) >= 11 is 12.6. The fraction of sp³-hybridized carbons (Fsp3) is 0.333. The fourth-order valence-electron chi connectivity index (χ4n) is 3.49. The molecule has 0 atom stereocenters. The van der Waals surface area contributed by atoms with E-state index in [1.807, 2.05) is 64.1 Å². The lowest BCUT2D eigenvalue weighted by Gasteiger charge is -2.19. The standard InChI is InChI=1S/C27H30Cl2N2O4/c1-5-34-21-8-6-7-20(15-21)30-17-24-22(28)16-23(29)25(32)31(24)14-13-18-9-11-19(12-10-18)26(33)35-27(2,3)4/h6-12,15-16,30H,5,13-14,17H2,1-4H3. The third-order valence-corrected chi connectivity index (χ3v) is 5.72. The SMILES string of the molecule is CCOc1cccc(NCc2c(Cl)cc(Cl)c(=O)n2CCc2ccc(C(=O)OC(C)(C)C)cc2)c1. The number of ether oxygens (including phenoxy) is 2. The zero-order chi connectivity index (χ0) is 25.6. The van der Waals surface area contributed by atoms with Gasteiger partial charge in [0.05, 0.1) is 29.4 Å². The minimum Gasteiger partial charge on any atom is -0.494 e. The molecule has 35 heavy (non-hydrogen) atoms. The monoisotopic (exact) mass is 516 g/mol. The Morgan fingerprint density at radius 2 is 1.74 bits per heavy atom. The number of esters is 1. The molecule has 0 saturated heterocycles. The van der Waals surface area contributed by atoms with Gasteiger partial charge in [-0.25, -0.2) is 4.79 Å². The highest BCUT2D eigenvalue weighted by molar-refractivity contribution is 6.34. The Kier molecular flexibility index (Phi) is 8.87. The van der Waals surface area contributed by atoms with Crippen LogP contribution in [-0.4, -0.2) is 22.7 Å². The first-order valence-electron chi connectivity index (χ1n) is 11.4. The first-order chi connectivity index (χ1) is 16.6. The van der Waals surface area contributed by atoms with Crippen molar-refractivity contribution in [1.82, 2.24) is 4.57 Å². The summed E-state index contributed by atoms with van der Waals surface area (Å²) < 4.78 is 12.5. The van der Waals surface area contributed by atoms with Gasteiger partial charge in [-0.2, -0.15) is 0 Å². The Balaban J connectivity index is 1.75. The molecule has 0 bridgehead atoms. The van der Waals surface area contributed by atoms with Crippen LogP contribution in [0.4, 0.5) is 5.69 Å². The van der Waals surface area contributed by atoms with Crippen LogP contribution in [0.15, 0.2) is 59.4 Å². The van der Waals surface area contributed by atoms with Crippen molar-refractivity contribution in [2.24, 2.45) is 0 Å². The van der Waals surface area contributed by atoms with Crippen molar-refractivity contribution in [1.29, 1.82) is 0 Å². The van der Waals surface area contributed by atoms with Crippen LogP contribution in [-0.2, 0) is 24.2 Å². The van der Waals surface area contributed by atoms with Gasteiger partial charge in [0.2, 0.25) is 0 Å². The highest BCUT2D eigenvalue weighted by Crippen LogP contribution is 2.22. The first-order valence-corrected chi connectivity index (χ1v) is 12.2. The average molecular weight is 517 g/mol. The second-order valence-corrected chi connectivity index (χ2v) is 9.82. The fourth-order valence-corrected chi connectivity index (χ4v) is 4.03. The van der Waals surface area contributed by atoms with Crippen LogP contribution < -0.4 is 15.6 Å². The van der Waals surface area contributed by atoms with E-state index < -0.39 is 5.60 Å². The minimum atomic E-state index is -0.558. The Labute approximate surface area is 215 Å². The molecule has 0 aliphatic rings. The predicted molar refractivity (Wildman–Crippen MR) is 141 cm³/mol. The molecule has 2 aromatic carbocycles. The molecule has 1 heterocycles. The molecule has 6 nitrogen and oxygen atoms in total. The summed E-state index contributed by atoms with van der Waals surface area (Å²) in [5, 5.41) is 3.78. The van der Waals surface area contributed by atoms with Crippen LogP contribution in [0.1, 0.15) is 49.3 Å². The lowest BCUT2D eigenvalue weighted by atomic mass is 10.1. The van der Waals surface area contributed by atoms with Crippen molar-refractivity contribution in [3.63, 3.8) is 0 Å². The predicted octanol–water partition coefficient (Wildman–Crippen LogP) is 6.36. The first kappa shape index (κ1) is 26.6. The number of hydrogen-bond donors (Lipinski definition) is 1. The third-order valence-electron chi connectivity index (χ3n) is 5.12. The smallest absolute Gasteiger partial charge is 0.338 e. The van der Waals surface area contributed by atoms with Crippen LogP contribution >= 0.6 is 23.2 Å². The van der Waals surface area contributed by atoms with E-state index in [1.165, 1.54) is 6.07 Å². The molecule has 0 saturated carbocycles. The number of carbonyl (C=O) groups is 1. The van der Waals surface area contributed by atoms with E-state index in [1.54, 1.807) is 16.7 Å². The second kappa shape index (κ2) is 11.6. The van der Waals surface area contributed by atoms with Crippen molar-refractivity contribution in [3.05, 3.63) is 91.8 Å². The number of nitrogens with one attached hydrogen (secondary N) is 1. The molecule has 1 N–H and O–H groups in total. The number of rotatable bonds is 9. The van der Waals surface area contributed by atoms with Gasteiger partial charge in [-0.1, -0.05) is 41.4 Å². The summed E-state index contributed by atoms with van der Waals surface area (Å²) in [6.45, 7) is 8.70. The van der Waals surface area contributed by atoms with E-state index in [9.17, 15) is 9.59 Å². The molecule has 3 aromatic rings. The maximum absolute atomic E-state index is 12.9. The third kappa shape index (κ3) is 7.51. The number of benzene rings is 2. The van der Waals surface area contributed by atoms with Gasteiger partial charge in [0.1, 0.15) is 16.4 Å². The molecule has 0 aliphatic carbocycles. The van der Waals surface area contributed by atoms with Crippen molar-refractivity contribution in [3.8, 4) is 5.75 Å². The molecule has 0 amide bonds. The number of nitrogens with zero attached hydrogens (tertiary/aromatic N) is 1.